The second-order valence-electron chi connectivity index (χ2n) is 13.3. The number of allylic oxidation sites excluding steroid dienone is 3. The van der Waals surface area contributed by atoms with Gasteiger partial charge in [-0.05, 0) is 43.1 Å². The molecule has 7 nitrogen and oxygen atoms in total. The molecule has 2 N–H and O–H groups in total. The predicted molar refractivity (Wildman–Crippen MR) is 136 cm³/mol. The molecule has 202 valence electrons. The molecule has 4 aliphatic carbocycles. The fraction of sp³-hybridized carbons (Fsp3) is 0.700. The Hall–Kier alpha value is -2.41. The summed E-state index contributed by atoms with van der Waals surface area (Å²) in [7, 11) is 0. The third-order valence-electron chi connectivity index (χ3n) is 11.0. The molecular formula is C30H40O7. The average molecular weight is 513 g/mol. The fourth-order valence-electron chi connectivity index (χ4n) is 8.49. The molecule has 0 aliphatic heterocycles. The van der Waals surface area contributed by atoms with Crippen LogP contribution in [0.4, 0.5) is 0 Å². The lowest BCUT2D eigenvalue weighted by Gasteiger charge is -2.59. The maximum atomic E-state index is 14.0. The van der Waals surface area contributed by atoms with Crippen molar-refractivity contribution in [2.24, 2.45) is 39.4 Å². The fourth-order valence-corrected chi connectivity index (χ4v) is 8.49. The molecule has 0 bridgehead atoms. The Morgan fingerprint density at radius 3 is 2.27 bits per heavy atom. The lowest BCUT2D eigenvalue weighted by molar-refractivity contribution is -0.146. The van der Waals surface area contributed by atoms with Crippen molar-refractivity contribution in [2.75, 3.05) is 0 Å². The molecule has 7 heteroatoms. The molecule has 37 heavy (non-hydrogen) atoms. The number of Topliss-reactive ketones (excluding diaryl/α,β-unsaturated/α-hetero) is 3. The van der Waals surface area contributed by atoms with Crippen LogP contribution >= 0.6 is 0 Å². The number of hydrogen-bond donors (Lipinski definition) is 2. The van der Waals surface area contributed by atoms with Gasteiger partial charge in [-0.25, -0.2) is 0 Å². The van der Waals surface area contributed by atoms with Gasteiger partial charge < -0.3 is 10.2 Å². The second-order valence-corrected chi connectivity index (χ2v) is 13.3. The Labute approximate surface area is 218 Å². The highest BCUT2D eigenvalue weighted by atomic mass is 16.4. The molecule has 7 atom stereocenters. The molecule has 0 heterocycles. The van der Waals surface area contributed by atoms with E-state index in [2.05, 4.69) is 0 Å². The lowest BCUT2D eigenvalue weighted by Crippen LogP contribution is -2.59. The average Bonchev–Trinajstić information content (AvgIpc) is 2.99. The molecule has 0 unspecified atom stereocenters. The van der Waals surface area contributed by atoms with E-state index in [1.807, 2.05) is 34.6 Å². The van der Waals surface area contributed by atoms with Crippen LogP contribution in [0.2, 0.25) is 0 Å². The zero-order valence-corrected chi connectivity index (χ0v) is 23.1. The number of carboxylic acids is 1. The van der Waals surface area contributed by atoms with Crippen molar-refractivity contribution >= 4 is 29.1 Å². The molecule has 0 aromatic rings. The van der Waals surface area contributed by atoms with E-state index in [1.54, 1.807) is 6.92 Å². The summed E-state index contributed by atoms with van der Waals surface area (Å²) in [5.74, 6) is -2.88. The summed E-state index contributed by atoms with van der Waals surface area (Å²) >= 11 is 0. The second kappa shape index (κ2) is 8.55. The quantitative estimate of drug-likeness (QED) is 0.527. The Bertz CT molecular complexity index is 1170. The van der Waals surface area contributed by atoms with Gasteiger partial charge in [0.15, 0.2) is 17.3 Å². The third-order valence-corrected chi connectivity index (χ3v) is 11.0. The van der Waals surface area contributed by atoms with E-state index >= 15 is 0 Å². The molecule has 0 saturated heterocycles. The van der Waals surface area contributed by atoms with Gasteiger partial charge in [-0.15, -0.1) is 0 Å². The monoisotopic (exact) mass is 512 g/mol. The third kappa shape index (κ3) is 3.67. The molecule has 0 radical (unpaired) electrons. The van der Waals surface area contributed by atoms with E-state index in [0.717, 1.165) is 0 Å². The maximum Gasteiger partial charge on any atom is 0.306 e. The first kappa shape index (κ1) is 27.6. The molecule has 4 rings (SSSR count). The summed E-state index contributed by atoms with van der Waals surface area (Å²) in [5.41, 5.74) is -1.46. The summed E-state index contributed by atoms with van der Waals surface area (Å²) in [5, 5.41) is 20.7. The Morgan fingerprint density at radius 1 is 1.05 bits per heavy atom. The summed E-state index contributed by atoms with van der Waals surface area (Å²) < 4.78 is 0. The maximum absolute atomic E-state index is 14.0. The zero-order valence-electron chi connectivity index (χ0n) is 23.1. The predicted octanol–water partition coefficient (Wildman–Crippen LogP) is 4.26. The minimum Gasteiger partial charge on any atom is -0.481 e. The van der Waals surface area contributed by atoms with Crippen molar-refractivity contribution in [1.82, 2.24) is 0 Å². The molecule has 2 saturated carbocycles. The van der Waals surface area contributed by atoms with E-state index in [1.165, 1.54) is 13.0 Å². The summed E-state index contributed by atoms with van der Waals surface area (Å²) in [4.78, 5) is 64.5. The number of aliphatic hydroxyl groups is 1. The van der Waals surface area contributed by atoms with Crippen LogP contribution in [-0.2, 0) is 24.0 Å². The van der Waals surface area contributed by atoms with Gasteiger partial charge in [-0.2, -0.15) is 0 Å². The summed E-state index contributed by atoms with van der Waals surface area (Å²) in [6.45, 7) is 12.9. The van der Waals surface area contributed by atoms with E-state index in [0.29, 0.717) is 36.0 Å². The number of fused-ring (bicyclic) bond motifs is 4. The molecule has 2 fully saturated rings. The van der Waals surface area contributed by atoms with Crippen LogP contribution in [0.15, 0.2) is 22.8 Å². The number of aliphatic hydroxyl groups excluding tert-OH is 1. The zero-order chi connectivity index (χ0) is 27.9. The van der Waals surface area contributed by atoms with Crippen LogP contribution in [-0.4, -0.2) is 45.4 Å². The van der Waals surface area contributed by atoms with E-state index in [-0.39, 0.29) is 54.2 Å². The lowest BCUT2D eigenvalue weighted by atomic mass is 9.43. The minimum absolute atomic E-state index is 0.0987. The van der Waals surface area contributed by atoms with Crippen LogP contribution in [0.1, 0.15) is 87.0 Å². The first-order chi connectivity index (χ1) is 16.9. The number of carbonyl (C=O) groups excluding carboxylic acids is 4. The standard InChI is InChI=1S/C30H40O7/c1-15(10-17(31)11-16(2)26(36)37)18-12-23(35)30(7)25-19(32)13-21-27(3,4)22(34)8-9-28(21,5)24(25)20(33)14-29(18,30)6/h10,16,18,21,23,35H,8-9,11-14H2,1-7H3,(H,36,37)/b15-10-/t16-,18+,21+,23+,28-,29+,30+/m1/s1. The van der Waals surface area contributed by atoms with Crippen LogP contribution in [0.3, 0.4) is 0 Å². The minimum atomic E-state index is -1.04. The van der Waals surface area contributed by atoms with Gasteiger partial charge in [-0.3, -0.25) is 24.0 Å². The smallest absolute Gasteiger partial charge is 0.306 e. The first-order valence-electron chi connectivity index (χ1n) is 13.4. The van der Waals surface area contributed by atoms with Gasteiger partial charge in [-0.1, -0.05) is 47.1 Å². The number of hydrogen-bond acceptors (Lipinski definition) is 6. The Balaban J connectivity index is 1.81. The van der Waals surface area contributed by atoms with Crippen LogP contribution in [0.25, 0.3) is 0 Å². The van der Waals surface area contributed by atoms with Gasteiger partial charge in [0.2, 0.25) is 0 Å². The van der Waals surface area contributed by atoms with Crippen LogP contribution < -0.4 is 0 Å². The molecule has 0 aromatic heterocycles. The van der Waals surface area contributed by atoms with Crippen molar-refractivity contribution in [3.63, 3.8) is 0 Å². The normalized spacial score (nSPS) is 40.2. The summed E-state index contributed by atoms with van der Waals surface area (Å²) in [6.07, 6.45) is 1.92. The molecular weight excluding hydrogens is 472 g/mol. The van der Waals surface area contributed by atoms with E-state index < -0.39 is 39.7 Å². The van der Waals surface area contributed by atoms with E-state index in [4.69, 9.17) is 5.11 Å². The largest absolute Gasteiger partial charge is 0.481 e. The number of rotatable bonds is 5. The summed E-state index contributed by atoms with van der Waals surface area (Å²) in [6, 6.07) is 0. The molecule has 0 aromatic carbocycles. The first-order valence-corrected chi connectivity index (χ1v) is 13.4. The van der Waals surface area contributed by atoms with Gasteiger partial charge in [0.25, 0.3) is 0 Å². The Morgan fingerprint density at radius 2 is 1.68 bits per heavy atom. The van der Waals surface area contributed by atoms with Gasteiger partial charge in [0, 0.05) is 53.1 Å². The molecule has 0 amide bonds. The number of ketones is 4. The highest BCUT2D eigenvalue weighted by Gasteiger charge is 2.69. The van der Waals surface area contributed by atoms with Crippen molar-refractivity contribution < 1.29 is 34.2 Å². The molecule has 0 spiro atoms. The highest BCUT2D eigenvalue weighted by molar-refractivity contribution is 6.12. The van der Waals surface area contributed by atoms with Crippen molar-refractivity contribution in [3.05, 3.63) is 22.8 Å². The van der Waals surface area contributed by atoms with E-state index in [9.17, 15) is 29.1 Å². The number of carboxylic acid groups (broad SMARTS) is 1. The number of carbonyl (C=O) groups is 5. The van der Waals surface area contributed by atoms with Gasteiger partial charge in [0.05, 0.1) is 12.0 Å². The number of aliphatic carboxylic acids is 1. The van der Waals surface area contributed by atoms with Crippen molar-refractivity contribution in [2.45, 2.75) is 93.1 Å². The SMILES string of the molecule is C/C(=C/C(=O)C[C@@H](C)C(=O)O)[C@@H]1C[C@H](O)[C@@]2(C)C3=C(C(=O)C[C@@]12C)[C@]1(C)CCC(=O)C(C)(C)[C@@H]1CC3=O. The highest BCUT2D eigenvalue weighted by Crippen LogP contribution is 2.70. The van der Waals surface area contributed by atoms with Crippen LogP contribution in [0.5, 0.6) is 0 Å². The van der Waals surface area contributed by atoms with Gasteiger partial charge in [0.1, 0.15) is 5.78 Å². The molecule has 4 aliphatic rings. The van der Waals surface area contributed by atoms with Crippen LogP contribution in [0, 0.1) is 39.4 Å². The van der Waals surface area contributed by atoms with Crippen molar-refractivity contribution in [1.29, 1.82) is 0 Å². The van der Waals surface area contributed by atoms with Crippen molar-refractivity contribution in [3.8, 4) is 0 Å². The topological polar surface area (TPSA) is 126 Å². The Kier molecular flexibility index (Phi) is 6.38. The van der Waals surface area contributed by atoms with Gasteiger partial charge >= 0.3 is 5.97 Å².